The molecule has 0 saturated heterocycles. The zero-order valence-electron chi connectivity index (χ0n) is 16.2. The summed E-state index contributed by atoms with van der Waals surface area (Å²) in [5.74, 6) is 6.84. The minimum Gasteiger partial charge on any atom is -0.290 e. The van der Waals surface area contributed by atoms with Gasteiger partial charge < -0.3 is 0 Å². The summed E-state index contributed by atoms with van der Waals surface area (Å²) in [5.41, 5.74) is 3.93. The third kappa shape index (κ3) is 4.16. The summed E-state index contributed by atoms with van der Waals surface area (Å²) in [4.78, 5) is 23.3. The summed E-state index contributed by atoms with van der Waals surface area (Å²) in [5, 5.41) is 9.39. The Kier molecular flexibility index (Phi) is 5.19. The van der Waals surface area contributed by atoms with Gasteiger partial charge >= 0.3 is 5.69 Å². The average Bonchev–Trinajstić information content (AvgIpc) is 2.78. The van der Waals surface area contributed by atoms with E-state index in [0.29, 0.717) is 28.3 Å². The molecule has 142 valence electrons. The van der Waals surface area contributed by atoms with Gasteiger partial charge in [0.1, 0.15) is 5.82 Å². The molecule has 1 heterocycles. The molecule has 0 aliphatic heterocycles. The fourth-order valence-electron chi connectivity index (χ4n) is 2.96. The number of nitrogens with one attached hydrogen (secondary N) is 1. The van der Waals surface area contributed by atoms with Crippen LogP contribution in [0.25, 0.3) is 22.8 Å². The van der Waals surface area contributed by atoms with Gasteiger partial charge in [-0.05, 0) is 55.5 Å². The Bertz CT molecular complexity index is 1370. The normalized spacial score (nSPS) is 10.0. The molecule has 5 heteroatoms. The van der Waals surface area contributed by atoms with Gasteiger partial charge in [-0.25, -0.2) is 9.78 Å². The Morgan fingerprint density at radius 3 is 2.27 bits per heavy atom. The largest absolute Gasteiger partial charge is 0.348 e. The van der Waals surface area contributed by atoms with Crippen molar-refractivity contribution in [2.24, 2.45) is 0 Å². The van der Waals surface area contributed by atoms with Gasteiger partial charge in [0.25, 0.3) is 0 Å². The lowest BCUT2D eigenvalue weighted by Crippen LogP contribution is -2.14. The molecule has 0 fully saturated rings. The van der Waals surface area contributed by atoms with E-state index in [2.05, 4.69) is 32.9 Å². The van der Waals surface area contributed by atoms with E-state index in [1.54, 1.807) is 6.07 Å². The molecule has 0 spiro atoms. The Balaban J connectivity index is 1.69. The predicted molar refractivity (Wildman–Crippen MR) is 115 cm³/mol. The van der Waals surface area contributed by atoms with Crippen molar-refractivity contribution in [2.45, 2.75) is 6.92 Å². The number of benzene rings is 3. The van der Waals surface area contributed by atoms with Crippen LogP contribution < -0.4 is 5.69 Å². The zero-order chi connectivity index (χ0) is 20.9. The third-order valence-corrected chi connectivity index (χ3v) is 4.47. The number of aromatic nitrogens is 3. The van der Waals surface area contributed by atoms with Crippen LogP contribution in [0.5, 0.6) is 0 Å². The van der Waals surface area contributed by atoms with Crippen molar-refractivity contribution in [3.63, 3.8) is 0 Å². The van der Waals surface area contributed by atoms with E-state index in [-0.39, 0.29) is 0 Å². The number of aromatic amines is 1. The quantitative estimate of drug-likeness (QED) is 0.525. The highest BCUT2D eigenvalue weighted by Crippen LogP contribution is 2.22. The fourth-order valence-corrected chi connectivity index (χ4v) is 2.96. The SMILES string of the molecule is Cc1ccc(C#N)c(-c2nc(-c3ccc(C#Cc4ccccc4)cc3)nc(=O)[nH]2)c1. The molecular weight excluding hydrogens is 372 g/mol. The van der Waals surface area contributed by atoms with E-state index in [4.69, 9.17) is 0 Å². The minimum atomic E-state index is -0.520. The number of nitriles is 1. The van der Waals surface area contributed by atoms with Crippen LogP contribution in [-0.2, 0) is 0 Å². The van der Waals surface area contributed by atoms with Gasteiger partial charge in [-0.1, -0.05) is 41.7 Å². The molecule has 30 heavy (non-hydrogen) atoms. The maximum absolute atomic E-state index is 12.2. The van der Waals surface area contributed by atoms with Crippen molar-refractivity contribution in [1.82, 2.24) is 15.0 Å². The second-order valence-electron chi connectivity index (χ2n) is 6.68. The third-order valence-electron chi connectivity index (χ3n) is 4.47. The smallest absolute Gasteiger partial charge is 0.290 e. The maximum atomic E-state index is 12.2. The van der Waals surface area contributed by atoms with E-state index in [1.165, 1.54) is 0 Å². The first-order valence-corrected chi connectivity index (χ1v) is 9.29. The number of hydrogen-bond donors (Lipinski definition) is 1. The van der Waals surface area contributed by atoms with Crippen LogP contribution in [0.3, 0.4) is 0 Å². The highest BCUT2D eigenvalue weighted by Gasteiger charge is 2.11. The highest BCUT2D eigenvalue weighted by atomic mass is 16.1. The van der Waals surface area contributed by atoms with Crippen molar-refractivity contribution >= 4 is 0 Å². The van der Waals surface area contributed by atoms with Crippen LogP contribution >= 0.6 is 0 Å². The van der Waals surface area contributed by atoms with Crippen LogP contribution in [0.2, 0.25) is 0 Å². The van der Waals surface area contributed by atoms with Crippen molar-refractivity contribution in [3.05, 3.63) is 106 Å². The first-order valence-electron chi connectivity index (χ1n) is 9.29. The summed E-state index contributed by atoms with van der Waals surface area (Å²) in [6.07, 6.45) is 0. The zero-order valence-corrected chi connectivity index (χ0v) is 16.2. The van der Waals surface area contributed by atoms with Gasteiger partial charge in [0, 0.05) is 22.3 Å². The molecule has 0 aliphatic rings. The van der Waals surface area contributed by atoms with Gasteiger partial charge in [-0.3, -0.25) is 4.98 Å². The summed E-state index contributed by atoms with van der Waals surface area (Å²) < 4.78 is 0. The summed E-state index contributed by atoms with van der Waals surface area (Å²) >= 11 is 0. The summed E-state index contributed by atoms with van der Waals surface area (Å²) in [6.45, 7) is 1.92. The second kappa shape index (κ2) is 8.26. The molecule has 0 saturated carbocycles. The van der Waals surface area contributed by atoms with Gasteiger partial charge in [-0.2, -0.15) is 10.2 Å². The molecule has 1 N–H and O–H groups in total. The lowest BCUT2D eigenvalue weighted by Gasteiger charge is -2.06. The topological polar surface area (TPSA) is 82.4 Å². The lowest BCUT2D eigenvalue weighted by atomic mass is 10.0. The molecule has 0 aliphatic carbocycles. The monoisotopic (exact) mass is 388 g/mol. The molecule has 3 aromatic carbocycles. The van der Waals surface area contributed by atoms with Gasteiger partial charge in [0.15, 0.2) is 5.82 Å². The van der Waals surface area contributed by atoms with Crippen molar-refractivity contribution in [3.8, 4) is 40.7 Å². The Morgan fingerprint density at radius 2 is 1.57 bits per heavy atom. The van der Waals surface area contributed by atoms with Gasteiger partial charge in [0.05, 0.1) is 11.6 Å². The number of hydrogen-bond acceptors (Lipinski definition) is 4. The minimum absolute atomic E-state index is 0.293. The number of rotatable bonds is 2. The summed E-state index contributed by atoms with van der Waals surface area (Å²) in [6, 6.07) is 24.6. The van der Waals surface area contributed by atoms with Crippen molar-refractivity contribution < 1.29 is 0 Å². The van der Waals surface area contributed by atoms with Crippen LogP contribution in [0, 0.1) is 30.1 Å². The first kappa shape index (κ1) is 18.9. The molecule has 5 nitrogen and oxygen atoms in total. The first-order chi connectivity index (χ1) is 14.6. The second-order valence-corrected chi connectivity index (χ2v) is 6.68. The standard InChI is InChI=1S/C25H16N4O/c1-17-7-12-21(16-26)22(15-17)24-27-23(28-25(30)29-24)20-13-10-19(11-14-20)9-8-18-5-3-2-4-6-18/h2-7,10-15H,1H3,(H,27,28,29,30). The molecule has 0 atom stereocenters. The average molecular weight is 388 g/mol. The molecule has 0 unspecified atom stereocenters. The van der Waals surface area contributed by atoms with E-state index in [1.807, 2.05) is 73.7 Å². The number of H-pyrrole nitrogens is 1. The molecule has 0 bridgehead atoms. The highest BCUT2D eigenvalue weighted by molar-refractivity contribution is 5.67. The molecule has 0 amide bonds. The number of aryl methyl sites for hydroxylation is 1. The van der Waals surface area contributed by atoms with E-state index >= 15 is 0 Å². The molecule has 4 aromatic rings. The Morgan fingerprint density at radius 1 is 0.867 bits per heavy atom. The van der Waals surface area contributed by atoms with Gasteiger partial charge in [-0.15, -0.1) is 0 Å². The molecular formula is C25H16N4O. The van der Waals surface area contributed by atoms with Crippen molar-refractivity contribution in [1.29, 1.82) is 5.26 Å². The lowest BCUT2D eigenvalue weighted by molar-refractivity contribution is 1.00. The Hall–Kier alpha value is -4.48. The van der Waals surface area contributed by atoms with E-state index in [0.717, 1.165) is 16.7 Å². The van der Waals surface area contributed by atoms with E-state index < -0.39 is 5.69 Å². The molecule has 1 aromatic heterocycles. The maximum Gasteiger partial charge on any atom is 0.348 e. The van der Waals surface area contributed by atoms with Gasteiger partial charge in [0.2, 0.25) is 0 Å². The van der Waals surface area contributed by atoms with Crippen LogP contribution in [-0.4, -0.2) is 15.0 Å². The van der Waals surface area contributed by atoms with Crippen molar-refractivity contribution in [2.75, 3.05) is 0 Å². The van der Waals surface area contributed by atoms with Crippen LogP contribution in [0.4, 0.5) is 0 Å². The Labute approximate surface area is 173 Å². The van der Waals surface area contributed by atoms with Crippen LogP contribution in [0.1, 0.15) is 22.3 Å². The fraction of sp³-hybridized carbons (Fsp3) is 0.0400. The summed E-state index contributed by atoms with van der Waals surface area (Å²) in [7, 11) is 0. The predicted octanol–water partition coefficient (Wildman–Crippen LogP) is 4.08. The molecule has 0 radical (unpaired) electrons. The van der Waals surface area contributed by atoms with Crippen LogP contribution in [0.15, 0.2) is 77.6 Å². The van der Waals surface area contributed by atoms with E-state index in [9.17, 15) is 10.1 Å². The number of nitrogens with zero attached hydrogens (tertiary/aromatic N) is 3. The molecule has 4 rings (SSSR count).